The smallest absolute Gasteiger partial charge is 0.233 e. The van der Waals surface area contributed by atoms with Gasteiger partial charge in [0, 0.05) is 17.6 Å². The molecule has 0 aliphatic carbocycles. The van der Waals surface area contributed by atoms with Crippen LogP contribution in [-0.4, -0.2) is 38.5 Å². The molecule has 1 aromatic carbocycles. The first kappa shape index (κ1) is 18.3. The Morgan fingerprint density at radius 2 is 2.00 bits per heavy atom. The third kappa shape index (κ3) is 4.20. The molecule has 3 aromatic rings. The van der Waals surface area contributed by atoms with E-state index in [-0.39, 0.29) is 11.7 Å². The molecule has 0 aliphatic rings. The van der Waals surface area contributed by atoms with Gasteiger partial charge < -0.3 is 15.2 Å². The molecule has 26 heavy (non-hydrogen) atoms. The van der Waals surface area contributed by atoms with E-state index in [2.05, 4.69) is 10.2 Å². The summed E-state index contributed by atoms with van der Waals surface area (Å²) in [5.41, 5.74) is 0.933. The second-order valence-corrected chi connectivity index (χ2v) is 7.09. The van der Waals surface area contributed by atoms with Crippen molar-refractivity contribution in [2.24, 2.45) is 0 Å². The normalized spacial score (nSPS) is 10.9. The Balaban J connectivity index is 1.57. The van der Waals surface area contributed by atoms with Crippen LogP contribution in [0.3, 0.4) is 0 Å². The lowest BCUT2D eigenvalue weighted by Crippen LogP contribution is -2.27. The lowest BCUT2D eigenvalue weighted by Gasteiger charge is -2.15. The number of rotatable bonds is 6. The number of hydrogen-bond acceptors (Lipinski definition) is 6. The van der Waals surface area contributed by atoms with Crippen molar-refractivity contribution in [3.05, 3.63) is 53.0 Å². The summed E-state index contributed by atoms with van der Waals surface area (Å²) in [6, 6.07) is 11.1. The van der Waals surface area contributed by atoms with Crippen LogP contribution in [0.25, 0.3) is 11.3 Å². The minimum absolute atomic E-state index is 0.0555. The van der Waals surface area contributed by atoms with E-state index in [0.717, 1.165) is 11.3 Å². The van der Waals surface area contributed by atoms with Crippen LogP contribution < -0.4 is 5.84 Å². The quantitative estimate of drug-likeness (QED) is 0.513. The van der Waals surface area contributed by atoms with Crippen molar-refractivity contribution in [1.29, 1.82) is 0 Å². The van der Waals surface area contributed by atoms with Gasteiger partial charge in [0.1, 0.15) is 17.3 Å². The van der Waals surface area contributed by atoms with Gasteiger partial charge in [0.2, 0.25) is 11.1 Å². The summed E-state index contributed by atoms with van der Waals surface area (Å²) in [5.74, 6) is 7.98. The average Bonchev–Trinajstić information content (AvgIpc) is 3.21. The maximum Gasteiger partial charge on any atom is 0.233 e. The van der Waals surface area contributed by atoms with Crippen LogP contribution in [0.5, 0.6) is 0 Å². The molecule has 0 radical (unpaired) electrons. The Hall–Kier alpha value is -2.45. The molecule has 0 aliphatic heterocycles. The van der Waals surface area contributed by atoms with Gasteiger partial charge in [-0.3, -0.25) is 4.79 Å². The molecule has 9 heteroatoms. The second kappa shape index (κ2) is 7.84. The maximum atomic E-state index is 12.3. The number of thioether (sulfide) groups is 1. The Labute approximate surface area is 160 Å². The minimum atomic E-state index is -0.0555. The highest BCUT2D eigenvalue weighted by molar-refractivity contribution is 7.99. The molecule has 7 nitrogen and oxygen atoms in total. The number of hydrogen-bond donors (Lipinski definition) is 1. The van der Waals surface area contributed by atoms with Crippen molar-refractivity contribution in [2.45, 2.75) is 18.6 Å². The molecule has 0 saturated carbocycles. The summed E-state index contributed by atoms with van der Waals surface area (Å²) in [7, 11) is 1.73. The van der Waals surface area contributed by atoms with Gasteiger partial charge >= 0.3 is 0 Å². The zero-order valence-corrected chi connectivity index (χ0v) is 15.9. The zero-order valence-electron chi connectivity index (χ0n) is 14.3. The molecule has 136 valence electrons. The summed E-state index contributed by atoms with van der Waals surface area (Å²) in [6.07, 6.45) is 0. The third-order valence-corrected chi connectivity index (χ3v) is 4.95. The van der Waals surface area contributed by atoms with Crippen LogP contribution in [0, 0.1) is 6.92 Å². The molecule has 0 fully saturated rings. The highest BCUT2D eigenvalue weighted by Gasteiger charge is 2.15. The molecule has 0 unspecified atom stereocenters. The Bertz CT molecular complexity index is 906. The summed E-state index contributed by atoms with van der Waals surface area (Å²) < 4.78 is 7.19. The molecule has 3 rings (SSSR count). The molecule has 1 amide bonds. The minimum Gasteiger partial charge on any atom is -0.459 e. The van der Waals surface area contributed by atoms with E-state index in [1.165, 1.54) is 16.4 Å². The Morgan fingerprint density at radius 1 is 1.27 bits per heavy atom. The number of amides is 1. The van der Waals surface area contributed by atoms with Crippen molar-refractivity contribution in [1.82, 2.24) is 19.8 Å². The average molecular weight is 392 g/mol. The first-order valence-corrected chi connectivity index (χ1v) is 9.19. The summed E-state index contributed by atoms with van der Waals surface area (Å²) in [4.78, 5) is 13.9. The van der Waals surface area contributed by atoms with Gasteiger partial charge in [-0.1, -0.05) is 23.4 Å². The van der Waals surface area contributed by atoms with Crippen LogP contribution in [0.4, 0.5) is 0 Å². The predicted molar refractivity (Wildman–Crippen MR) is 101 cm³/mol. The number of benzene rings is 1. The number of carbonyl (C=O) groups is 1. The van der Waals surface area contributed by atoms with Gasteiger partial charge in [0.25, 0.3) is 0 Å². The van der Waals surface area contributed by atoms with Crippen LogP contribution >= 0.6 is 23.4 Å². The number of furan rings is 1. The van der Waals surface area contributed by atoms with Crippen molar-refractivity contribution in [3.8, 4) is 11.3 Å². The lowest BCUT2D eigenvalue weighted by molar-refractivity contribution is -0.127. The fourth-order valence-corrected chi connectivity index (χ4v) is 3.21. The molecule has 0 spiro atoms. The van der Waals surface area contributed by atoms with Gasteiger partial charge in [-0.2, -0.15) is 0 Å². The van der Waals surface area contributed by atoms with Crippen LogP contribution in [0.2, 0.25) is 5.02 Å². The van der Waals surface area contributed by atoms with E-state index in [1.54, 1.807) is 18.9 Å². The molecule has 2 aromatic heterocycles. The van der Waals surface area contributed by atoms with Gasteiger partial charge in [-0.25, -0.2) is 4.68 Å². The summed E-state index contributed by atoms with van der Waals surface area (Å²) >= 11 is 7.15. The monoisotopic (exact) mass is 391 g/mol. The third-order valence-electron chi connectivity index (χ3n) is 3.77. The highest BCUT2D eigenvalue weighted by atomic mass is 35.5. The maximum absolute atomic E-state index is 12.3. The van der Waals surface area contributed by atoms with E-state index in [1.807, 2.05) is 36.4 Å². The molecule has 2 N–H and O–H groups in total. The van der Waals surface area contributed by atoms with E-state index in [0.29, 0.717) is 28.3 Å². The number of aryl methyl sites for hydroxylation is 1. The molecule has 2 heterocycles. The molecule has 0 bridgehead atoms. The lowest BCUT2D eigenvalue weighted by atomic mass is 10.2. The highest BCUT2D eigenvalue weighted by Crippen LogP contribution is 2.24. The van der Waals surface area contributed by atoms with Gasteiger partial charge in [0.15, 0.2) is 0 Å². The Morgan fingerprint density at radius 3 is 2.65 bits per heavy atom. The molecular weight excluding hydrogens is 374 g/mol. The van der Waals surface area contributed by atoms with Crippen LogP contribution in [-0.2, 0) is 11.3 Å². The number of carbonyl (C=O) groups excluding carboxylic acids is 1. The van der Waals surface area contributed by atoms with Crippen LogP contribution in [0.15, 0.2) is 46.0 Å². The topological polar surface area (TPSA) is 90.2 Å². The van der Waals surface area contributed by atoms with Crippen molar-refractivity contribution in [2.75, 3.05) is 18.6 Å². The van der Waals surface area contributed by atoms with Gasteiger partial charge in [-0.15, -0.1) is 10.2 Å². The molecule has 0 atom stereocenters. The van der Waals surface area contributed by atoms with Crippen LogP contribution in [0.1, 0.15) is 11.6 Å². The first-order valence-electron chi connectivity index (χ1n) is 7.82. The fraction of sp³-hybridized carbons (Fsp3) is 0.235. The largest absolute Gasteiger partial charge is 0.459 e. The summed E-state index contributed by atoms with van der Waals surface area (Å²) in [6.45, 7) is 2.13. The van der Waals surface area contributed by atoms with E-state index >= 15 is 0 Å². The summed E-state index contributed by atoms with van der Waals surface area (Å²) in [5, 5.41) is 8.97. The van der Waals surface area contributed by atoms with Gasteiger partial charge in [0.05, 0.1) is 12.3 Å². The van der Waals surface area contributed by atoms with Crippen molar-refractivity contribution < 1.29 is 9.21 Å². The van der Waals surface area contributed by atoms with Crippen molar-refractivity contribution in [3.63, 3.8) is 0 Å². The zero-order chi connectivity index (χ0) is 18.7. The SMILES string of the molecule is Cc1nnc(SCC(=O)N(C)Cc2ccc(-c3ccc(Cl)cc3)o2)n1N. The number of halogens is 1. The van der Waals surface area contributed by atoms with E-state index < -0.39 is 0 Å². The first-order chi connectivity index (χ1) is 12.4. The number of nitrogen functional groups attached to an aromatic ring is 1. The van der Waals surface area contributed by atoms with E-state index in [9.17, 15) is 4.79 Å². The van der Waals surface area contributed by atoms with Gasteiger partial charge in [-0.05, 0) is 43.3 Å². The fourth-order valence-electron chi connectivity index (χ4n) is 2.24. The number of aromatic nitrogens is 3. The Kier molecular flexibility index (Phi) is 5.53. The predicted octanol–water partition coefficient (Wildman–Crippen LogP) is 2.96. The van der Waals surface area contributed by atoms with Crippen molar-refractivity contribution >= 4 is 29.3 Å². The number of nitrogens with zero attached hydrogens (tertiary/aromatic N) is 4. The molecular formula is C17H18ClN5O2S. The van der Waals surface area contributed by atoms with E-state index in [4.69, 9.17) is 21.9 Å². The standard InChI is InChI=1S/C17H18ClN5O2S/c1-11-20-21-17(23(11)19)26-10-16(24)22(2)9-14-7-8-15(25-14)12-3-5-13(18)6-4-12/h3-8H,9-10,19H2,1-2H3. The number of nitrogens with two attached hydrogens (primary N) is 1. The second-order valence-electron chi connectivity index (χ2n) is 5.71. The molecule has 0 saturated heterocycles.